The molecule has 218 valence electrons. The van der Waals surface area contributed by atoms with Gasteiger partial charge in [-0.3, -0.25) is 0 Å². The van der Waals surface area contributed by atoms with E-state index in [9.17, 15) is 0 Å². The first-order valence-electron chi connectivity index (χ1n) is 15.9. The van der Waals surface area contributed by atoms with Gasteiger partial charge in [-0.2, -0.15) is 0 Å². The van der Waals surface area contributed by atoms with Crippen molar-refractivity contribution in [3.8, 4) is 5.69 Å². The molecule has 0 aliphatic rings. The van der Waals surface area contributed by atoms with Crippen LogP contribution >= 0.6 is 0 Å². The summed E-state index contributed by atoms with van der Waals surface area (Å²) in [5.74, 6) is 0. The highest BCUT2D eigenvalue weighted by atomic mass is 16.3. The van der Waals surface area contributed by atoms with Gasteiger partial charge in [0.05, 0.1) is 11.0 Å². The molecule has 0 N–H and O–H groups in total. The average Bonchev–Trinajstić information content (AvgIpc) is 3.65. The van der Waals surface area contributed by atoms with Crippen molar-refractivity contribution < 1.29 is 4.42 Å². The Labute approximate surface area is 267 Å². The van der Waals surface area contributed by atoms with Crippen LogP contribution in [0.3, 0.4) is 0 Å². The number of benzene rings is 7. The van der Waals surface area contributed by atoms with E-state index in [1.54, 1.807) is 0 Å². The third-order valence-electron chi connectivity index (χ3n) is 9.33. The van der Waals surface area contributed by atoms with Crippen molar-refractivity contribution in [2.45, 2.75) is 13.3 Å². The summed E-state index contributed by atoms with van der Waals surface area (Å²) in [7, 11) is 0. The summed E-state index contributed by atoms with van der Waals surface area (Å²) in [6.45, 7) is 2.08. The molecule has 0 aliphatic heterocycles. The molecule has 2 aromatic heterocycles. The number of hydrogen-bond donors (Lipinski definition) is 0. The van der Waals surface area contributed by atoms with Crippen LogP contribution in [0.2, 0.25) is 0 Å². The lowest BCUT2D eigenvalue weighted by Crippen LogP contribution is -2.00. The van der Waals surface area contributed by atoms with Gasteiger partial charge in [-0.05, 0) is 76.3 Å². The predicted molar refractivity (Wildman–Crippen MR) is 195 cm³/mol. The number of fused-ring (bicyclic) bond motifs is 3. The second kappa shape index (κ2) is 10.6. The molecule has 0 atom stereocenters. The maximum Gasteiger partial charge on any atom is 0.136 e. The average molecular weight is 590 g/mol. The molecule has 2 heteroatoms. The number of hydrogen-bond acceptors (Lipinski definition) is 1. The summed E-state index contributed by atoms with van der Waals surface area (Å²) < 4.78 is 8.97. The fraction of sp³-hybridized carbons (Fsp3) is 0.0455. The van der Waals surface area contributed by atoms with Gasteiger partial charge in [0.2, 0.25) is 0 Å². The van der Waals surface area contributed by atoms with Gasteiger partial charge in [0.1, 0.15) is 11.2 Å². The van der Waals surface area contributed by atoms with Gasteiger partial charge in [0.15, 0.2) is 0 Å². The van der Waals surface area contributed by atoms with Crippen LogP contribution in [0, 0.1) is 6.92 Å². The molecule has 2 nitrogen and oxygen atoms in total. The van der Waals surface area contributed by atoms with Crippen LogP contribution in [0.1, 0.15) is 16.7 Å². The van der Waals surface area contributed by atoms with Gasteiger partial charge in [-0.1, -0.05) is 133 Å². The maximum absolute atomic E-state index is 6.50. The molecule has 0 bridgehead atoms. The predicted octanol–water partition coefficient (Wildman–Crippen LogP) is 12.0. The molecule has 8 aromatic carbocycles. The molecular weight excluding hydrogens is 558 g/mol. The minimum absolute atomic E-state index is 0.877. The van der Waals surface area contributed by atoms with Gasteiger partial charge in [0, 0.05) is 27.2 Å². The van der Waals surface area contributed by atoms with Crippen LogP contribution in [0.5, 0.6) is 0 Å². The van der Waals surface area contributed by atoms with Gasteiger partial charge < -0.3 is 8.98 Å². The highest BCUT2D eigenvalue weighted by Gasteiger charge is 2.23. The van der Waals surface area contributed by atoms with Crippen LogP contribution < -0.4 is 0 Å². The van der Waals surface area contributed by atoms with Gasteiger partial charge >= 0.3 is 0 Å². The molecule has 0 saturated heterocycles. The number of rotatable bonds is 3. The maximum atomic E-state index is 6.50. The zero-order valence-corrected chi connectivity index (χ0v) is 25.6. The Morgan fingerprint density at radius 1 is 0.435 bits per heavy atom. The molecular formula is C44H31NO. The fourth-order valence-electron chi connectivity index (χ4n) is 7.35. The molecule has 0 spiro atoms. The molecule has 0 unspecified atom stereocenters. The fourth-order valence-corrected chi connectivity index (χ4v) is 7.35. The molecule has 2 heterocycles. The Kier molecular flexibility index (Phi) is 6.14. The first-order valence-corrected chi connectivity index (χ1v) is 15.9. The van der Waals surface area contributed by atoms with E-state index in [0.29, 0.717) is 0 Å². The first kappa shape index (κ1) is 26.5. The second-order valence-corrected chi connectivity index (χ2v) is 12.1. The third kappa shape index (κ3) is 4.11. The molecule has 0 aliphatic carbocycles. The SMILES string of the molecule is Cc1ccccc1.c1ccc(Cc2ccccc2-n2c3cccc4c5ccccc5c5cccc6oc7ccc2c(c7c65)c43)cc1. The van der Waals surface area contributed by atoms with E-state index in [0.717, 1.165) is 17.6 Å². The van der Waals surface area contributed by atoms with Crippen molar-refractivity contribution >= 4 is 65.3 Å². The largest absolute Gasteiger partial charge is 0.456 e. The van der Waals surface area contributed by atoms with Crippen molar-refractivity contribution in [1.29, 1.82) is 0 Å². The minimum atomic E-state index is 0.877. The Morgan fingerprint density at radius 2 is 1.02 bits per heavy atom. The van der Waals surface area contributed by atoms with Crippen LogP contribution in [0.15, 0.2) is 162 Å². The monoisotopic (exact) mass is 589 g/mol. The molecule has 0 radical (unpaired) electrons. The van der Waals surface area contributed by atoms with E-state index in [-0.39, 0.29) is 0 Å². The van der Waals surface area contributed by atoms with Crippen molar-refractivity contribution in [3.63, 3.8) is 0 Å². The minimum Gasteiger partial charge on any atom is -0.456 e. The van der Waals surface area contributed by atoms with E-state index in [2.05, 4.69) is 151 Å². The van der Waals surface area contributed by atoms with Crippen molar-refractivity contribution in [3.05, 3.63) is 174 Å². The topological polar surface area (TPSA) is 18.1 Å². The lowest BCUT2D eigenvalue weighted by atomic mass is 9.95. The summed E-state index contributed by atoms with van der Waals surface area (Å²) in [4.78, 5) is 0. The highest BCUT2D eigenvalue weighted by Crippen LogP contribution is 2.47. The Bertz CT molecular complexity index is 2660. The summed E-state index contributed by atoms with van der Waals surface area (Å²) in [5.41, 5.74) is 9.47. The lowest BCUT2D eigenvalue weighted by Gasteiger charge is -2.14. The normalized spacial score (nSPS) is 11.7. The molecule has 46 heavy (non-hydrogen) atoms. The van der Waals surface area contributed by atoms with E-state index in [1.165, 1.54) is 76.5 Å². The summed E-state index contributed by atoms with van der Waals surface area (Å²) in [5, 5.41) is 9.99. The molecule has 0 saturated carbocycles. The zero-order chi connectivity index (χ0) is 30.6. The lowest BCUT2D eigenvalue weighted by molar-refractivity contribution is 0.669. The summed E-state index contributed by atoms with van der Waals surface area (Å²) in [6, 6.07) is 56.3. The zero-order valence-electron chi connectivity index (χ0n) is 25.6. The van der Waals surface area contributed by atoms with Crippen LogP contribution in [-0.2, 0) is 6.42 Å². The van der Waals surface area contributed by atoms with Crippen LogP contribution in [-0.4, -0.2) is 4.57 Å². The Hall–Kier alpha value is -5.86. The smallest absolute Gasteiger partial charge is 0.136 e. The van der Waals surface area contributed by atoms with Gasteiger partial charge in [-0.15, -0.1) is 0 Å². The van der Waals surface area contributed by atoms with E-state index in [1.807, 2.05) is 18.2 Å². The number of furan rings is 1. The highest BCUT2D eigenvalue weighted by molar-refractivity contribution is 6.38. The van der Waals surface area contributed by atoms with E-state index >= 15 is 0 Å². The van der Waals surface area contributed by atoms with Crippen LogP contribution in [0.4, 0.5) is 0 Å². The Balaban J connectivity index is 0.000000372. The van der Waals surface area contributed by atoms with E-state index < -0.39 is 0 Å². The first-order chi connectivity index (χ1) is 22.8. The van der Waals surface area contributed by atoms with Gasteiger partial charge in [0.25, 0.3) is 0 Å². The number of aromatic nitrogens is 1. The number of para-hydroxylation sites is 1. The third-order valence-corrected chi connectivity index (χ3v) is 9.33. The molecule has 10 aromatic rings. The molecule has 0 fully saturated rings. The van der Waals surface area contributed by atoms with E-state index in [4.69, 9.17) is 4.42 Å². The van der Waals surface area contributed by atoms with Crippen LogP contribution in [0.25, 0.3) is 71.0 Å². The Morgan fingerprint density at radius 3 is 1.76 bits per heavy atom. The number of aryl methyl sites for hydroxylation is 1. The van der Waals surface area contributed by atoms with Crippen molar-refractivity contribution in [2.24, 2.45) is 0 Å². The molecule has 10 rings (SSSR count). The standard InChI is InChI=1S/C37H23NO.C7H8/c1-2-10-23(11-3-1)22-24-12-4-7-17-29(24)38-30-18-8-15-27-25-13-5-6-14-26(25)28-16-9-19-32-35(28)37-33(39-32)21-20-31(38)36(37)34(27)30;1-7-5-3-2-4-6-7/h1-21H,22H2;2-6H,1H3. The van der Waals surface area contributed by atoms with Crippen molar-refractivity contribution in [1.82, 2.24) is 4.57 Å². The molecule has 0 amide bonds. The second-order valence-electron chi connectivity index (χ2n) is 12.1. The van der Waals surface area contributed by atoms with Crippen molar-refractivity contribution in [2.75, 3.05) is 0 Å². The number of nitrogens with zero attached hydrogens (tertiary/aromatic N) is 1. The quantitative estimate of drug-likeness (QED) is 0.200. The summed E-state index contributed by atoms with van der Waals surface area (Å²) in [6.07, 6.45) is 0.877. The summed E-state index contributed by atoms with van der Waals surface area (Å²) >= 11 is 0. The van der Waals surface area contributed by atoms with Gasteiger partial charge in [-0.25, -0.2) is 0 Å².